The van der Waals surface area contributed by atoms with Crippen molar-refractivity contribution < 1.29 is 26.9 Å². The second kappa shape index (κ2) is 25.5. The van der Waals surface area contributed by atoms with Gasteiger partial charge < -0.3 is 27.4 Å². The SMILES string of the molecule is CCN(c1cccc(N(CC)[si-]2n(C(C)(C)C)c(-c3ccccc3)[n+]2C(C)(C)C)n1)[si-]1n(C(C)(C)C)c(-c2ccccc2)[n+]1C(C)(C)C.CP(C)C.C[Si-](C)c1ccccc1.Cc1ccccc1.[Fe+2].[H-]. The molecule has 12 heteroatoms. The van der Waals surface area contributed by atoms with E-state index in [1.807, 2.05) is 18.2 Å². The summed E-state index contributed by atoms with van der Waals surface area (Å²) in [4.78, 5) is 5.56. The molecule has 3 heterocycles. The first-order chi connectivity index (χ1) is 31.7. The van der Waals surface area contributed by atoms with Gasteiger partial charge in [-0.15, -0.1) is 7.92 Å². The summed E-state index contributed by atoms with van der Waals surface area (Å²) < 4.78 is 15.9. The monoisotopic (exact) mass is 1040 g/mol. The van der Waals surface area contributed by atoms with E-state index >= 15 is 0 Å². The Bertz CT molecular complexity index is 2370. The molecule has 7 rings (SSSR count). The fraction of sp³-hybridized carbons (Fsp3) is 0.456. The van der Waals surface area contributed by atoms with E-state index in [-0.39, 0.29) is 49.4 Å². The van der Waals surface area contributed by atoms with Crippen LogP contribution in [0.5, 0.6) is 0 Å². The second-order valence-electron chi connectivity index (χ2n) is 22.2. The number of anilines is 2. The Kier molecular flexibility index (Phi) is 22.0. The van der Waals surface area contributed by atoms with Gasteiger partial charge in [0.1, 0.15) is 23.3 Å². The number of aryl methyl sites for hydroxylation is 1. The molecule has 7 nitrogen and oxygen atoms in total. The molecule has 7 aromatic rings. The molecule has 0 aliphatic rings. The largest absolute Gasteiger partial charge is 2.00 e. The molecule has 4 aromatic carbocycles. The Morgan fingerprint density at radius 1 is 0.522 bits per heavy atom. The standard InChI is InChI=1S/C39H59N7Si2.C8H11Si.C7H8.C3H9P.Fe.H/c1-15-41(47-43(36(3,4)5)34(44(47)37(6,7)8)30-24-19-17-20-25-30)32-28-23-29-33(40-32)42(16-2)48-45(38(9,10)11)35(46(48)39(12,13)14)31-26-21-18-22-27-31;1-9(2)8-6-4-3-5-7-8;1-7-5-3-2-4-6-7;1-4(2)3;;/h17-29H,15-16H2,1-14H3;3-7H,1-2H3;2-6H,1H3;1-3H3;;/q;-1;;;+2;-1. The number of benzene rings is 4. The number of pyridine rings is 1. The maximum absolute atomic E-state index is 5.56. The summed E-state index contributed by atoms with van der Waals surface area (Å²) in [6, 6.07) is 49.5. The summed E-state index contributed by atoms with van der Waals surface area (Å²) in [6.07, 6.45) is 0. The molecule has 0 bridgehead atoms. The normalized spacial score (nSPS) is 11.6. The van der Waals surface area contributed by atoms with Crippen molar-refractivity contribution in [3.05, 3.63) is 145 Å². The molecule has 69 heavy (non-hydrogen) atoms. The summed E-state index contributed by atoms with van der Waals surface area (Å²) in [5.41, 5.74) is 3.66. The predicted molar refractivity (Wildman–Crippen MR) is 305 cm³/mol. The van der Waals surface area contributed by atoms with Crippen LogP contribution in [0.1, 0.15) is 104 Å². The summed E-state index contributed by atoms with van der Waals surface area (Å²) in [5, 5.41) is 1.52. The molecule has 0 fully saturated rings. The van der Waals surface area contributed by atoms with E-state index in [1.54, 1.807) is 0 Å². The van der Waals surface area contributed by atoms with Gasteiger partial charge >= 0.3 is 17.1 Å². The van der Waals surface area contributed by atoms with Gasteiger partial charge in [0.05, 0.1) is 0 Å². The maximum Gasteiger partial charge on any atom is 2.00 e. The number of rotatable bonds is 9. The first-order valence-corrected chi connectivity index (χ1v) is 32.4. The van der Waals surface area contributed by atoms with E-state index in [9.17, 15) is 0 Å². The Morgan fingerprint density at radius 2 is 0.826 bits per heavy atom. The van der Waals surface area contributed by atoms with E-state index in [2.05, 4.69) is 284 Å². The van der Waals surface area contributed by atoms with Crippen LogP contribution in [-0.2, 0) is 39.2 Å². The van der Waals surface area contributed by atoms with E-state index in [0.717, 1.165) is 24.7 Å². The topological polar surface area (TPSA) is 37.0 Å². The molecule has 3 aromatic heterocycles. The fourth-order valence-corrected chi connectivity index (χ4v) is 15.4. The first-order valence-electron chi connectivity index (χ1n) is 24.5. The zero-order valence-electron chi connectivity index (χ0n) is 47.1. The van der Waals surface area contributed by atoms with E-state index in [4.69, 9.17) is 4.98 Å². The Morgan fingerprint density at radius 3 is 1.06 bits per heavy atom. The van der Waals surface area contributed by atoms with Gasteiger partial charge in [0.15, 0.2) is 0 Å². The van der Waals surface area contributed by atoms with Gasteiger partial charge in [-0.25, -0.2) is 0 Å². The van der Waals surface area contributed by atoms with Crippen LogP contribution in [0.25, 0.3) is 22.8 Å². The third-order valence-electron chi connectivity index (χ3n) is 11.1. The Labute approximate surface area is 438 Å². The van der Waals surface area contributed by atoms with Gasteiger partial charge in [-0.2, -0.15) is 23.3 Å². The van der Waals surface area contributed by atoms with Crippen molar-refractivity contribution in [3.63, 3.8) is 0 Å². The van der Waals surface area contributed by atoms with Crippen molar-refractivity contribution in [2.45, 2.75) is 139 Å². The number of hydrogen-bond acceptors (Lipinski definition) is 3. The van der Waals surface area contributed by atoms with Crippen molar-refractivity contribution in [3.8, 4) is 22.8 Å². The molecule has 0 unspecified atom stereocenters. The second-order valence-corrected chi connectivity index (χ2v) is 31.5. The quantitative estimate of drug-likeness (QED) is 0.107. The van der Waals surface area contributed by atoms with Crippen LogP contribution >= 0.6 is 7.92 Å². The van der Waals surface area contributed by atoms with Gasteiger partial charge in [-0.3, -0.25) is 8.80 Å². The van der Waals surface area contributed by atoms with Crippen molar-refractivity contribution in [2.75, 3.05) is 42.2 Å². The zero-order chi connectivity index (χ0) is 50.8. The average Bonchev–Trinajstić information content (AvgIpc) is 3.23. The number of hydrogen-bond donors (Lipinski definition) is 0. The van der Waals surface area contributed by atoms with Crippen LogP contribution in [0.15, 0.2) is 140 Å². The Hall–Kier alpha value is -3.83. The van der Waals surface area contributed by atoms with E-state index < -0.39 is 17.8 Å². The molecule has 0 N–H and O–H groups in total. The summed E-state index contributed by atoms with van der Waals surface area (Å²) in [6.45, 7) is 47.9. The molecule has 0 spiro atoms. The molecule has 0 aliphatic heterocycles. The minimum atomic E-state index is -1.38. The van der Waals surface area contributed by atoms with Gasteiger partial charge in [-0.05, 0) is 160 Å². The van der Waals surface area contributed by atoms with Crippen molar-refractivity contribution in [1.29, 1.82) is 0 Å². The first kappa shape index (κ1) is 59.5. The third kappa shape index (κ3) is 15.6. The number of nitrogens with zero attached hydrogens (tertiary/aromatic N) is 7. The van der Waals surface area contributed by atoms with E-state index in [0.29, 0.717) is 7.92 Å². The van der Waals surface area contributed by atoms with Crippen LogP contribution in [0.3, 0.4) is 0 Å². The van der Waals surface area contributed by atoms with Crippen LogP contribution in [0.2, 0.25) is 13.1 Å². The van der Waals surface area contributed by atoms with Crippen LogP contribution < -0.4 is 22.8 Å². The third-order valence-corrected chi connectivity index (χ3v) is 19.7. The summed E-state index contributed by atoms with van der Waals surface area (Å²) >= 11 is 0. The molecule has 376 valence electrons. The number of aromatic nitrogens is 5. The van der Waals surface area contributed by atoms with Crippen LogP contribution in [0, 0.1) is 6.92 Å². The molecule has 0 saturated carbocycles. The van der Waals surface area contributed by atoms with Crippen LogP contribution in [-0.4, -0.2) is 73.1 Å². The van der Waals surface area contributed by atoms with Gasteiger partial charge in [0.25, 0.3) is 0 Å². The van der Waals surface area contributed by atoms with Gasteiger partial charge in [-0.1, -0.05) is 109 Å². The molecule has 0 amide bonds. The Balaban J connectivity index is 0.000000631. The molecular weight excluding hydrogens is 954 g/mol. The maximum atomic E-state index is 5.56. The minimum Gasteiger partial charge on any atom is -1.00 e. The molecular formula is C57H88FeN7PSi3. The van der Waals surface area contributed by atoms with Crippen molar-refractivity contribution in [2.24, 2.45) is 0 Å². The van der Waals surface area contributed by atoms with Crippen molar-refractivity contribution in [1.82, 2.24) is 13.4 Å². The molecule has 0 radical (unpaired) electrons. The van der Waals surface area contributed by atoms with E-state index in [1.165, 1.54) is 33.5 Å². The molecule has 0 aliphatic carbocycles. The minimum absolute atomic E-state index is 0. The molecule has 0 saturated heterocycles. The average molecular weight is 1040 g/mol. The predicted octanol–water partition coefficient (Wildman–Crippen LogP) is 12.8. The van der Waals surface area contributed by atoms with Crippen molar-refractivity contribution >= 4 is 51.3 Å². The summed E-state index contributed by atoms with van der Waals surface area (Å²) in [7, 11) is -2.60. The zero-order valence-corrected chi connectivity index (χ0v) is 51.1. The summed E-state index contributed by atoms with van der Waals surface area (Å²) in [5.74, 6) is 4.74. The van der Waals surface area contributed by atoms with Gasteiger partial charge in [0.2, 0.25) is 17.8 Å². The fourth-order valence-electron chi connectivity index (χ4n) is 8.16. The van der Waals surface area contributed by atoms with Gasteiger partial charge in [0, 0.05) is 46.4 Å². The molecule has 0 atom stereocenters. The smallest absolute Gasteiger partial charge is 1.00 e. The van der Waals surface area contributed by atoms with Crippen LogP contribution in [0.4, 0.5) is 11.6 Å².